The monoisotopic (exact) mass is 343 g/mol. The van der Waals surface area contributed by atoms with Gasteiger partial charge in [-0.2, -0.15) is 5.10 Å². The van der Waals surface area contributed by atoms with Crippen LogP contribution in [0.1, 0.15) is 21.5 Å². The Morgan fingerprint density at radius 1 is 0.846 bits per heavy atom. The summed E-state index contributed by atoms with van der Waals surface area (Å²) in [5, 5.41) is 15.2. The first-order chi connectivity index (χ1) is 12.6. The van der Waals surface area contributed by atoms with Gasteiger partial charge in [-0.1, -0.05) is 54.6 Å². The molecule has 3 aromatic rings. The van der Waals surface area contributed by atoms with E-state index in [1.807, 2.05) is 48.5 Å². The van der Waals surface area contributed by atoms with Crippen LogP contribution in [0.5, 0.6) is 0 Å². The summed E-state index contributed by atoms with van der Waals surface area (Å²) in [6.07, 6.45) is 0. The third kappa shape index (κ3) is 2.63. The second-order valence-corrected chi connectivity index (χ2v) is 5.80. The molecule has 6 heteroatoms. The van der Waals surface area contributed by atoms with Crippen molar-refractivity contribution < 1.29 is 9.72 Å². The lowest BCUT2D eigenvalue weighted by Gasteiger charge is -2.04. The number of nitro benzene ring substituents is 1. The Labute approximate surface area is 148 Å². The highest BCUT2D eigenvalue weighted by Gasteiger charge is 2.24. The molecular formula is C20H13N3O3. The van der Waals surface area contributed by atoms with Gasteiger partial charge in [0.05, 0.1) is 10.6 Å². The fraction of sp³-hybridized carbons (Fsp3) is 0. The summed E-state index contributed by atoms with van der Waals surface area (Å²) >= 11 is 0. The van der Waals surface area contributed by atoms with Gasteiger partial charge in [0, 0.05) is 28.8 Å². The van der Waals surface area contributed by atoms with E-state index in [1.54, 1.807) is 0 Å². The van der Waals surface area contributed by atoms with Crippen molar-refractivity contribution in [1.29, 1.82) is 0 Å². The maximum absolute atomic E-state index is 12.4. The van der Waals surface area contributed by atoms with Crippen LogP contribution in [0.15, 0.2) is 77.9 Å². The lowest BCUT2D eigenvalue weighted by Crippen LogP contribution is -2.20. The predicted molar refractivity (Wildman–Crippen MR) is 98.1 cm³/mol. The van der Waals surface area contributed by atoms with Crippen molar-refractivity contribution in [1.82, 2.24) is 5.43 Å². The quantitative estimate of drug-likeness (QED) is 0.454. The molecule has 1 N–H and O–H groups in total. The van der Waals surface area contributed by atoms with Crippen LogP contribution in [-0.2, 0) is 0 Å². The molecule has 1 amide bonds. The van der Waals surface area contributed by atoms with Crippen LogP contribution < -0.4 is 5.43 Å². The summed E-state index contributed by atoms with van der Waals surface area (Å²) in [4.78, 5) is 22.7. The number of nitro groups is 1. The fourth-order valence-electron chi connectivity index (χ4n) is 3.05. The minimum Gasteiger partial charge on any atom is -0.267 e. The molecule has 1 aliphatic carbocycles. The lowest BCUT2D eigenvalue weighted by atomic mass is 10.1. The molecule has 4 rings (SSSR count). The third-order valence-electron chi connectivity index (χ3n) is 4.24. The number of non-ortho nitro benzene ring substituents is 1. The lowest BCUT2D eigenvalue weighted by molar-refractivity contribution is -0.384. The highest BCUT2D eigenvalue weighted by atomic mass is 16.6. The highest BCUT2D eigenvalue weighted by Crippen LogP contribution is 2.36. The maximum atomic E-state index is 12.4. The van der Waals surface area contributed by atoms with E-state index < -0.39 is 10.8 Å². The van der Waals surface area contributed by atoms with E-state index in [9.17, 15) is 14.9 Å². The van der Waals surface area contributed by atoms with Gasteiger partial charge in [-0.15, -0.1) is 0 Å². The van der Waals surface area contributed by atoms with Crippen molar-refractivity contribution in [2.75, 3.05) is 0 Å². The van der Waals surface area contributed by atoms with Crippen molar-refractivity contribution in [2.45, 2.75) is 0 Å². The Balaban J connectivity index is 1.68. The number of hydrogen-bond donors (Lipinski definition) is 1. The first kappa shape index (κ1) is 15.7. The molecule has 3 aromatic carbocycles. The number of benzene rings is 3. The van der Waals surface area contributed by atoms with Crippen LogP contribution in [0.25, 0.3) is 11.1 Å². The second kappa shape index (κ2) is 6.25. The van der Waals surface area contributed by atoms with Gasteiger partial charge in [0.25, 0.3) is 11.6 Å². The van der Waals surface area contributed by atoms with Crippen LogP contribution in [0.4, 0.5) is 5.69 Å². The van der Waals surface area contributed by atoms with E-state index in [0.717, 1.165) is 22.3 Å². The molecule has 126 valence electrons. The molecule has 0 aromatic heterocycles. The molecular weight excluding hydrogens is 330 g/mol. The number of carbonyl (C=O) groups is 1. The summed E-state index contributed by atoms with van der Waals surface area (Å²) in [5.41, 5.74) is 7.24. The Morgan fingerprint density at radius 3 is 2.00 bits per heavy atom. The Hall–Kier alpha value is -3.80. The smallest absolute Gasteiger partial charge is 0.267 e. The van der Waals surface area contributed by atoms with Gasteiger partial charge in [0.15, 0.2) is 0 Å². The van der Waals surface area contributed by atoms with Crippen molar-refractivity contribution in [3.05, 3.63) is 99.6 Å². The summed E-state index contributed by atoms with van der Waals surface area (Å²) in [7, 11) is 0. The van der Waals surface area contributed by atoms with Gasteiger partial charge in [-0.3, -0.25) is 14.9 Å². The largest absolute Gasteiger partial charge is 0.271 e. The average molecular weight is 343 g/mol. The minimum atomic E-state index is -0.536. The molecule has 0 aliphatic heterocycles. The summed E-state index contributed by atoms with van der Waals surface area (Å²) in [6, 6.07) is 21.2. The van der Waals surface area contributed by atoms with Gasteiger partial charge in [0.1, 0.15) is 0 Å². The number of hydrazone groups is 1. The molecule has 0 unspecified atom stereocenters. The van der Waals surface area contributed by atoms with E-state index >= 15 is 0 Å². The normalized spacial score (nSPS) is 11.5. The van der Waals surface area contributed by atoms with Crippen LogP contribution in [0, 0.1) is 10.1 Å². The van der Waals surface area contributed by atoms with Crippen LogP contribution in [-0.4, -0.2) is 16.5 Å². The van der Waals surface area contributed by atoms with Gasteiger partial charge < -0.3 is 0 Å². The molecule has 0 saturated carbocycles. The first-order valence-corrected chi connectivity index (χ1v) is 7.97. The summed E-state index contributed by atoms with van der Waals surface area (Å²) in [5.74, 6) is -0.497. The zero-order valence-corrected chi connectivity index (χ0v) is 13.5. The maximum Gasteiger partial charge on any atom is 0.271 e. The molecule has 26 heavy (non-hydrogen) atoms. The molecule has 0 heterocycles. The first-order valence-electron chi connectivity index (χ1n) is 7.97. The van der Waals surface area contributed by atoms with Crippen molar-refractivity contribution >= 4 is 17.3 Å². The predicted octanol–water partition coefficient (Wildman–Crippen LogP) is 3.76. The number of nitrogens with one attached hydrogen (secondary N) is 1. The zero-order chi connectivity index (χ0) is 18.1. The summed E-state index contributed by atoms with van der Waals surface area (Å²) in [6.45, 7) is 0. The van der Waals surface area contributed by atoms with Crippen molar-refractivity contribution in [3.8, 4) is 11.1 Å². The third-order valence-corrected chi connectivity index (χ3v) is 4.24. The van der Waals surface area contributed by atoms with E-state index in [-0.39, 0.29) is 11.3 Å². The van der Waals surface area contributed by atoms with E-state index in [1.165, 1.54) is 24.3 Å². The van der Waals surface area contributed by atoms with Crippen molar-refractivity contribution in [3.63, 3.8) is 0 Å². The Kier molecular flexibility index (Phi) is 3.78. The number of carbonyl (C=O) groups excluding carboxylic acids is 1. The van der Waals surface area contributed by atoms with Gasteiger partial charge in [0.2, 0.25) is 0 Å². The van der Waals surface area contributed by atoms with Crippen LogP contribution in [0.3, 0.4) is 0 Å². The van der Waals surface area contributed by atoms with E-state index in [2.05, 4.69) is 10.5 Å². The topological polar surface area (TPSA) is 84.6 Å². The SMILES string of the molecule is O=C(NN=C1c2ccccc2-c2ccccc21)c1cccc([N+](=O)[O-])c1. The Morgan fingerprint density at radius 2 is 1.42 bits per heavy atom. The highest BCUT2D eigenvalue weighted by molar-refractivity contribution is 6.24. The number of fused-ring (bicyclic) bond motifs is 3. The molecule has 0 radical (unpaired) electrons. The zero-order valence-electron chi connectivity index (χ0n) is 13.5. The minimum absolute atomic E-state index is 0.137. The number of hydrogen-bond acceptors (Lipinski definition) is 4. The van der Waals surface area contributed by atoms with Crippen molar-refractivity contribution in [2.24, 2.45) is 5.10 Å². The molecule has 0 saturated heterocycles. The molecule has 0 atom stereocenters. The Bertz CT molecular complexity index is 1030. The molecule has 6 nitrogen and oxygen atoms in total. The average Bonchev–Trinajstić information content (AvgIpc) is 3.00. The molecule has 0 bridgehead atoms. The van der Waals surface area contributed by atoms with Gasteiger partial charge >= 0.3 is 0 Å². The summed E-state index contributed by atoms with van der Waals surface area (Å²) < 4.78 is 0. The number of amides is 1. The second-order valence-electron chi connectivity index (χ2n) is 5.80. The molecule has 1 aliphatic rings. The number of nitrogens with zero attached hydrogens (tertiary/aromatic N) is 2. The van der Waals surface area contributed by atoms with Gasteiger partial charge in [-0.25, -0.2) is 5.43 Å². The van der Waals surface area contributed by atoms with Crippen LogP contribution >= 0.6 is 0 Å². The van der Waals surface area contributed by atoms with E-state index in [0.29, 0.717) is 5.71 Å². The number of rotatable bonds is 3. The molecule has 0 fully saturated rings. The van der Waals surface area contributed by atoms with Crippen LogP contribution in [0.2, 0.25) is 0 Å². The fourth-order valence-corrected chi connectivity index (χ4v) is 3.05. The van der Waals surface area contributed by atoms with E-state index in [4.69, 9.17) is 0 Å². The standard InChI is InChI=1S/C20H13N3O3/c24-20(13-6-5-7-14(12-13)23(25)26)22-21-19-17-10-3-1-8-15(17)16-9-2-4-11-18(16)19/h1-12H,(H,22,24). The van der Waals surface area contributed by atoms with Gasteiger partial charge in [-0.05, 0) is 17.2 Å². The molecule has 0 spiro atoms.